The van der Waals surface area contributed by atoms with Crippen LogP contribution in [0.5, 0.6) is 0 Å². The van der Waals surface area contributed by atoms with Crippen molar-refractivity contribution in [1.82, 2.24) is 4.98 Å². The first-order valence-electron chi connectivity index (χ1n) is 8.97. The molecule has 132 valence electrons. The van der Waals surface area contributed by atoms with Crippen LogP contribution in [0.15, 0.2) is 48.5 Å². The predicted octanol–water partition coefficient (Wildman–Crippen LogP) is 4.25. The van der Waals surface area contributed by atoms with Crippen LogP contribution in [0, 0.1) is 6.92 Å². The second kappa shape index (κ2) is 6.89. The van der Waals surface area contributed by atoms with E-state index in [1.807, 2.05) is 31.2 Å². The molecule has 2 aromatic carbocycles. The zero-order valence-electron chi connectivity index (χ0n) is 15.2. The van der Waals surface area contributed by atoms with E-state index in [9.17, 15) is 4.79 Å². The molecule has 0 unspecified atom stereocenters. The molecule has 1 aliphatic rings. The Bertz CT molecular complexity index is 958. The Hall–Kier alpha value is -2.72. The minimum atomic E-state index is 0.0857. The highest BCUT2D eigenvalue weighted by Gasteiger charge is 2.15. The van der Waals surface area contributed by atoms with Crippen molar-refractivity contribution in [3.05, 3.63) is 59.8 Å². The third-order valence-electron chi connectivity index (χ3n) is 4.89. The van der Waals surface area contributed by atoms with Gasteiger partial charge in [0.2, 0.25) is 0 Å². The fraction of sp³-hybridized carbons (Fsp3) is 0.273. The fourth-order valence-corrected chi connectivity index (χ4v) is 3.48. The maximum Gasteiger partial charge on any atom is 0.159 e. The summed E-state index contributed by atoms with van der Waals surface area (Å²) in [6, 6.07) is 16.3. The van der Waals surface area contributed by atoms with Gasteiger partial charge in [0, 0.05) is 35.4 Å². The number of carbonyl (C=O) groups excluding carboxylic acids is 1. The van der Waals surface area contributed by atoms with Crippen molar-refractivity contribution in [3.63, 3.8) is 0 Å². The Morgan fingerprint density at radius 2 is 1.69 bits per heavy atom. The highest BCUT2D eigenvalue weighted by atomic mass is 16.5. The molecule has 26 heavy (non-hydrogen) atoms. The molecule has 1 aliphatic heterocycles. The molecule has 0 spiro atoms. The molecule has 1 saturated heterocycles. The van der Waals surface area contributed by atoms with Crippen LogP contribution in [0.25, 0.3) is 22.0 Å². The Labute approximate surface area is 153 Å². The molecule has 3 aromatic rings. The number of ether oxygens (including phenoxy) is 1. The third-order valence-corrected chi connectivity index (χ3v) is 4.89. The zero-order chi connectivity index (χ0) is 18.1. The van der Waals surface area contributed by atoms with Gasteiger partial charge in [-0.2, -0.15) is 0 Å². The smallest absolute Gasteiger partial charge is 0.159 e. The Morgan fingerprint density at radius 3 is 2.38 bits per heavy atom. The van der Waals surface area contributed by atoms with E-state index in [0.29, 0.717) is 0 Å². The van der Waals surface area contributed by atoms with Crippen LogP contribution in [0.2, 0.25) is 0 Å². The highest BCUT2D eigenvalue weighted by Crippen LogP contribution is 2.31. The summed E-state index contributed by atoms with van der Waals surface area (Å²) in [5, 5.41) is 1.17. The summed E-state index contributed by atoms with van der Waals surface area (Å²) >= 11 is 0. The predicted molar refractivity (Wildman–Crippen MR) is 105 cm³/mol. The van der Waals surface area contributed by atoms with Crippen LogP contribution >= 0.6 is 0 Å². The number of nitrogens with zero attached hydrogens (tertiary/aromatic N) is 2. The summed E-state index contributed by atoms with van der Waals surface area (Å²) in [4.78, 5) is 18.6. The minimum Gasteiger partial charge on any atom is -0.378 e. The van der Waals surface area contributed by atoms with Crippen LogP contribution in [-0.4, -0.2) is 37.1 Å². The topological polar surface area (TPSA) is 42.4 Å². The van der Waals surface area contributed by atoms with E-state index in [1.165, 1.54) is 11.1 Å². The Morgan fingerprint density at radius 1 is 1.00 bits per heavy atom. The quantitative estimate of drug-likeness (QED) is 0.665. The van der Waals surface area contributed by atoms with Crippen molar-refractivity contribution in [3.8, 4) is 11.1 Å². The van der Waals surface area contributed by atoms with E-state index in [4.69, 9.17) is 9.72 Å². The number of fused-ring (bicyclic) bond motifs is 1. The number of ketones is 1. The molecule has 0 radical (unpaired) electrons. The number of benzene rings is 2. The number of morpholine rings is 1. The van der Waals surface area contributed by atoms with Gasteiger partial charge in [-0.05, 0) is 37.1 Å². The van der Waals surface area contributed by atoms with Gasteiger partial charge in [-0.3, -0.25) is 9.78 Å². The Balaban J connectivity index is 1.76. The summed E-state index contributed by atoms with van der Waals surface area (Å²) in [6.07, 6.45) is 0. The van der Waals surface area contributed by atoms with Gasteiger partial charge >= 0.3 is 0 Å². The number of hydrogen-bond acceptors (Lipinski definition) is 4. The fourth-order valence-electron chi connectivity index (χ4n) is 3.48. The number of rotatable bonds is 3. The van der Waals surface area contributed by atoms with E-state index in [0.717, 1.165) is 54.2 Å². The second-order valence-corrected chi connectivity index (χ2v) is 6.75. The number of hydrogen-bond donors (Lipinski definition) is 0. The van der Waals surface area contributed by atoms with Gasteiger partial charge in [-0.1, -0.05) is 36.4 Å². The van der Waals surface area contributed by atoms with Gasteiger partial charge in [0.1, 0.15) is 0 Å². The number of aromatic nitrogens is 1. The van der Waals surface area contributed by atoms with Gasteiger partial charge < -0.3 is 9.64 Å². The summed E-state index contributed by atoms with van der Waals surface area (Å²) in [6.45, 7) is 6.98. The van der Waals surface area contributed by atoms with E-state index in [1.54, 1.807) is 6.92 Å². The van der Waals surface area contributed by atoms with Crippen molar-refractivity contribution >= 4 is 22.4 Å². The standard InChI is InChI=1S/C22H22N2O2/c1-15-13-22(24-9-11-26-12-10-24)20-8-7-19(14-21(20)23-15)18-5-3-17(4-6-18)16(2)25/h3-8,13-14H,9-12H2,1-2H3. The lowest BCUT2D eigenvalue weighted by Crippen LogP contribution is -2.36. The van der Waals surface area contributed by atoms with Gasteiger partial charge in [0.05, 0.1) is 18.7 Å². The van der Waals surface area contributed by atoms with Gasteiger partial charge in [-0.15, -0.1) is 0 Å². The number of Topliss-reactive ketones (excluding diaryl/α,β-unsaturated/α-hetero) is 1. The van der Waals surface area contributed by atoms with E-state index < -0.39 is 0 Å². The number of pyridine rings is 1. The molecular formula is C22H22N2O2. The maximum absolute atomic E-state index is 11.5. The summed E-state index contributed by atoms with van der Waals surface area (Å²) in [7, 11) is 0. The molecule has 1 aromatic heterocycles. The lowest BCUT2D eigenvalue weighted by Gasteiger charge is -2.30. The van der Waals surface area contributed by atoms with Gasteiger partial charge in [-0.25, -0.2) is 0 Å². The minimum absolute atomic E-state index is 0.0857. The summed E-state index contributed by atoms with van der Waals surface area (Å²) in [5.74, 6) is 0.0857. The Kier molecular flexibility index (Phi) is 4.43. The molecule has 0 amide bonds. The second-order valence-electron chi connectivity index (χ2n) is 6.75. The summed E-state index contributed by atoms with van der Waals surface area (Å²) in [5.41, 5.74) is 6.18. The van der Waals surface area contributed by atoms with Crippen molar-refractivity contribution in [2.75, 3.05) is 31.2 Å². The lowest BCUT2D eigenvalue weighted by atomic mass is 10.0. The molecule has 1 fully saturated rings. The molecule has 0 atom stereocenters. The molecule has 4 nitrogen and oxygen atoms in total. The number of aryl methyl sites for hydroxylation is 1. The van der Waals surface area contributed by atoms with Crippen LogP contribution in [0.1, 0.15) is 23.0 Å². The molecule has 4 heteroatoms. The van der Waals surface area contributed by atoms with Crippen LogP contribution in [0.3, 0.4) is 0 Å². The third kappa shape index (κ3) is 3.20. The molecule has 2 heterocycles. The average Bonchev–Trinajstić information content (AvgIpc) is 2.67. The highest BCUT2D eigenvalue weighted by molar-refractivity contribution is 5.96. The van der Waals surface area contributed by atoms with Crippen molar-refractivity contribution < 1.29 is 9.53 Å². The molecular weight excluding hydrogens is 324 g/mol. The molecule has 0 N–H and O–H groups in total. The van der Waals surface area contributed by atoms with E-state index >= 15 is 0 Å². The first-order chi connectivity index (χ1) is 12.6. The maximum atomic E-state index is 11.5. The molecule has 0 aliphatic carbocycles. The SMILES string of the molecule is CC(=O)c1ccc(-c2ccc3c(N4CCOCC4)cc(C)nc3c2)cc1. The largest absolute Gasteiger partial charge is 0.378 e. The van der Waals surface area contributed by atoms with E-state index in [2.05, 4.69) is 29.2 Å². The van der Waals surface area contributed by atoms with Crippen LogP contribution in [0.4, 0.5) is 5.69 Å². The van der Waals surface area contributed by atoms with Crippen molar-refractivity contribution in [1.29, 1.82) is 0 Å². The van der Waals surface area contributed by atoms with Crippen molar-refractivity contribution in [2.24, 2.45) is 0 Å². The first kappa shape index (κ1) is 16.7. The van der Waals surface area contributed by atoms with Crippen molar-refractivity contribution in [2.45, 2.75) is 13.8 Å². The van der Waals surface area contributed by atoms with Gasteiger partial charge in [0.15, 0.2) is 5.78 Å². The zero-order valence-corrected chi connectivity index (χ0v) is 15.2. The van der Waals surface area contributed by atoms with E-state index in [-0.39, 0.29) is 5.78 Å². The average molecular weight is 346 g/mol. The van der Waals surface area contributed by atoms with Crippen LogP contribution in [-0.2, 0) is 4.74 Å². The molecule has 0 bridgehead atoms. The number of anilines is 1. The monoisotopic (exact) mass is 346 g/mol. The molecule has 4 rings (SSSR count). The normalized spacial score (nSPS) is 14.6. The number of carbonyl (C=O) groups is 1. The molecule has 0 saturated carbocycles. The van der Waals surface area contributed by atoms with Gasteiger partial charge in [0.25, 0.3) is 0 Å². The summed E-state index contributed by atoms with van der Waals surface area (Å²) < 4.78 is 5.49. The lowest BCUT2D eigenvalue weighted by molar-refractivity contribution is 0.101. The first-order valence-corrected chi connectivity index (χ1v) is 8.97. The van der Waals surface area contributed by atoms with Crippen LogP contribution < -0.4 is 4.90 Å².